The first-order chi connectivity index (χ1) is 39.7. The Morgan fingerprint density at radius 3 is 1.01 bits per heavy atom. The SMILES string of the molecule is CCCCCCCCCCCCOc1ccc(C(=O)Oc2ccc(C(=O)Oc3cccc(-c4ccc(OC(=O)c5ccc(OCCCCCCCCCCC[Si](CC[Si](C)(C)C)(CC[Si](C)(C)C)CC[Si](C)(C)C)cc5)cc4)c3)cc2)cc1. The molecule has 454 valence electrons. The standard InChI is InChI=1S/C71H106O8Si4/c1-11-12-13-14-15-16-18-21-24-27-49-75-65-43-37-61(38-44-65)70(73)78-67-47-39-62(40-48-67)71(74)79-68-32-30-31-63(58-68)59-33-45-66(46-34-59)77-69(72)60-35-41-64(42-36-60)76-50-28-25-22-19-17-20-23-26-29-51-83(55-52-80(2,3)4,56-53-81(5,6)7)57-54-82(8,9)10/h30-48,58H,11-29,49-57H2,1-10H3. The molecule has 0 spiro atoms. The van der Waals surface area contributed by atoms with Gasteiger partial charge in [-0.15, -0.1) is 0 Å². The number of esters is 3. The maximum atomic E-state index is 13.2. The molecule has 0 bridgehead atoms. The van der Waals surface area contributed by atoms with Crippen molar-refractivity contribution < 1.29 is 38.1 Å². The third-order valence-electron chi connectivity index (χ3n) is 16.0. The molecule has 0 aromatic heterocycles. The molecular weight excluding hydrogens is 1090 g/mol. The fourth-order valence-corrected chi connectivity index (χ4v) is 28.3. The van der Waals surface area contributed by atoms with E-state index in [0.717, 1.165) is 41.9 Å². The van der Waals surface area contributed by atoms with Crippen molar-refractivity contribution in [3.8, 4) is 39.9 Å². The first kappa shape index (κ1) is 68.8. The van der Waals surface area contributed by atoms with E-state index in [2.05, 4.69) is 65.8 Å². The second kappa shape index (κ2) is 36.1. The van der Waals surface area contributed by atoms with E-state index in [1.807, 2.05) is 36.4 Å². The van der Waals surface area contributed by atoms with E-state index in [9.17, 15) is 14.4 Å². The van der Waals surface area contributed by atoms with Crippen LogP contribution < -0.4 is 23.7 Å². The van der Waals surface area contributed by atoms with Crippen LogP contribution in [0.3, 0.4) is 0 Å². The molecule has 0 atom stereocenters. The number of hydrogen-bond acceptors (Lipinski definition) is 8. The van der Waals surface area contributed by atoms with Crippen molar-refractivity contribution >= 4 is 50.2 Å². The lowest BCUT2D eigenvalue weighted by atomic mass is 10.1. The van der Waals surface area contributed by atoms with Gasteiger partial charge in [-0.05, 0) is 121 Å². The molecule has 0 fully saturated rings. The maximum absolute atomic E-state index is 13.2. The van der Waals surface area contributed by atoms with Gasteiger partial charge >= 0.3 is 17.9 Å². The summed E-state index contributed by atoms with van der Waals surface area (Å²) in [6, 6.07) is 45.9. The zero-order chi connectivity index (χ0) is 60.0. The summed E-state index contributed by atoms with van der Waals surface area (Å²) in [6.45, 7) is 26.9. The van der Waals surface area contributed by atoms with Gasteiger partial charge in [-0.2, -0.15) is 0 Å². The Kier molecular flexibility index (Phi) is 29.9. The normalized spacial score (nSPS) is 12.0. The zero-order valence-electron chi connectivity index (χ0n) is 53.1. The van der Waals surface area contributed by atoms with Crippen molar-refractivity contribution in [3.63, 3.8) is 0 Å². The molecule has 0 aliphatic carbocycles. The summed E-state index contributed by atoms with van der Waals surface area (Å²) >= 11 is 0. The summed E-state index contributed by atoms with van der Waals surface area (Å²) in [5, 5.41) is 0. The molecule has 83 heavy (non-hydrogen) atoms. The zero-order valence-corrected chi connectivity index (χ0v) is 57.1. The average Bonchev–Trinajstić information content (AvgIpc) is 3.51. The maximum Gasteiger partial charge on any atom is 0.343 e. The number of ether oxygens (including phenoxy) is 5. The summed E-state index contributed by atoms with van der Waals surface area (Å²) in [4.78, 5) is 39.1. The predicted molar refractivity (Wildman–Crippen MR) is 360 cm³/mol. The average molecular weight is 1200 g/mol. The summed E-state index contributed by atoms with van der Waals surface area (Å²) in [5.41, 5.74) is 2.83. The van der Waals surface area contributed by atoms with E-state index in [1.165, 1.54) is 103 Å². The molecule has 0 aliphatic heterocycles. The van der Waals surface area contributed by atoms with E-state index in [0.29, 0.717) is 47.2 Å². The number of unbranched alkanes of at least 4 members (excludes halogenated alkanes) is 17. The van der Waals surface area contributed by atoms with Crippen LogP contribution in [0.25, 0.3) is 11.1 Å². The number of benzene rings is 5. The minimum absolute atomic E-state index is 0.305. The van der Waals surface area contributed by atoms with Crippen LogP contribution >= 0.6 is 0 Å². The number of hydrogen-bond donors (Lipinski definition) is 0. The molecule has 12 heteroatoms. The predicted octanol–water partition coefficient (Wildman–Crippen LogP) is 21.7. The Labute approximate surface area is 506 Å². The van der Waals surface area contributed by atoms with Crippen LogP contribution in [0.15, 0.2) is 121 Å². The minimum Gasteiger partial charge on any atom is -0.494 e. The Morgan fingerprint density at radius 2 is 0.639 bits per heavy atom. The Balaban J connectivity index is 0.944. The number of carbonyl (C=O) groups is 3. The van der Waals surface area contributed by atoms with Gasteiger partial charge < -0.3 is 23.7 Å². The second-order valence-electron chi connectivity index (χ2n) is 27.3. The van der Waals surface area contributed by atoms with Gasteiger partial charge in [-0.25, -0.2) is 14.4 Å². The van der Waals surface area contributed by atoms with Crippen LogP contribution in [-0.4, -0.2) is 63.4 Å². The number of carbonyl (C=O) groups excluding carboxylic acids is 3. The Morgan fingerprint density at radius 1 is 0.313 bits per heavy atom. The fraction of sp³-hybridized carbons (Fsp3) is 0.535. The summed E-state index contributed by atoms with van der Waals surface area (Å²) < 4.78 is 29.0. The van der Waals surface area contributed by atoms with Crippen molar-refractivity contribution in [3.05, 3.63) is 138 Å². The molecule has 5 rings (SSSR count). The van der Waals surface area contributed by atoms with E-state index in [4.69, 9.17) is 23.7 Å². The van der Waals surface area contributed by atoms with E-state index in [1.54, 1.807) is 127 Å². The van der Waals surface area contributed by atoms with E-state index >= 15 is 0 Å². The minimum atomic E-state index is -1.25. The highest BCUT2D eigenvalue weighted by atomic mass is 28.3. The summed E-state index contributed by atoms with van der Waals surface area (Å²) in [5.74, 6) is 1.07. The molecule has 0 amide bonds. The van der Waals surface area contributed by atoms with Gasteiger partial charge in [-0.3, -0.25) is 0 Å². The first-order valence-corrected chi connectivity index (χ1v) is 46.1. The fourth-order valence-electron chi connectivity index (χ4n) is 10.5. The number of rotatable bonds is 41. The Bertz CT molecular complexity index is 2590. The molecular formula is C71H106O8Si4. The molecule has 5 aromatic carbocycles. The lowest BCUT2D eigenvalue weighted by Crippen LogP contribution is -2.40. The lowest BCUT2D eigenvalue weighted by molar-refractivity contribution is 0.0723. The quantitative estimate of drug-likeness (QED) is 0.0165. The van der Waals surface area contributed by atoms with Crippen molar-refractivity contribution in [2.24, 2.45) is 0 Å². The van der Waals surface area contributed by atoms with Crippen LogP contribution in [0.4, 0.5) is 0 Å². The van der Waals surface area contributed by atoms with Gasteiger partial charge in [0.2, 0.25) is 0 Å². The van der Waals surface area contributed by atoms with Gasteiger partial charge in [0.15, 0.2) is 0 Å². The van der Waals surface area contributed by atoms with Crippen LogP contribution in [0.1, 0.15) is 160 Å². The molecule has 8 nitrogen and oxygen atoms in total. The van der Waals surface area contributed by atoms with Crippen molar-refractivity contribution in [2.45, 2.75) is 230 Å². The molecule has 0 aliphatic rings. The summed E-state index contributed by atoms with van der Waals surface area (Å²) in [6.07, 6.45) is 24.5. The highest BCUT2D eigenvalue weighted by Gasteiger charge is 2.36. The molecule has 0 saturated heterocycles. The molecule has 0 heterocycles. The Hall–Kier alpha value is -5.02. The smallest absolute Gasteiger partial charge is 0.343 e. The van der Waals surface area contributed by atoms with Gasteiger partial charge in [0.05, 0.1) is 38.0 Å². The highest BCUT2D eigenvalue weighted by Crippen LogP contribution is 2.39. The van der Waals surface area contributed by atoms with Crippen molar-refractivity contribution in [2.75, 3.05) is 13.2 Å². The monoisotopic (exact) mass is 1200 g/mol. The van der Waals surface area contributed by atoms with Crippen LogP contribution in [0, 0.1) is 0 Å². The topological polar surface area (TPSA) is 97.4 Å². The molecule has 5 aromatic rings. The van der Waals surface area contributed by atoms with Gasteiger partial charge in [-0.1, -0.05) is 242 Å². The van der Waals surface area contributed by atoms with Gasteiger partial charge in [0.25, 0.3) is 0 Å². The largest absolute Gasteiger partial charge is 0.494 e. The third-order valence-corrected chi connectivity index (χ3v) is 28.1. The second-order valence-corrected chi connectivity index (χ2v) is 49.2. The third kappa shape index (κ3) is 28.6. The van der Waals surface area contributed by atoms with Crippen molar-refractivity contribution in [1.82, 2.24) is 0 Å². The van der Waals surface area contributed by atoms with Crippen molar-refractivity contribution in [1.29, 1.82) is 0 Å². The van der Waals surface area contributed by atoms with Gasteiger partial charge in [0, 0.05) is 24.2 Å². The molecule has 0 saturated carbocycles. The molecule has 0 unspecified atom stereocenters. The lowest BCUT2D eigenvalue weighted by Gasteiger charge is -2.38. The van der Waals surface area contributed by atoms with Crippen LogP contribution in [0.5, 0.6) is 28.7 Å². The van der Waals surface area contributed by atoms with Crippen LogP contribution in [0.2, 0.25) is 101 Å². The molecule has 0 N–H and O–H groups in total. The van der Waals surface area contributed by atoms with E-state index < -0.39 is 50.2 Å². The first-order valence-electron chi connectivity index (χ1n) is 32.1. The highest BCUT2D eigenvalue weighted by molar-refractivity contribution is 6.87. The van der Waals surface area contributed by atoms with Crippen LogP contribution in [-0.2, 0) is 0 Å². The van der Waals surface area contributed by atoms with Gasteiger partial charge in [0.1, 0.15) is 28.7 Å². The molecule has 0 radical (unpaired) electrons. The summed E-state index contributed by atoms with van der Waals surface area (Å²) in [7, 11) is -4.37. The van der Waals surface area contributed by atoms with E-state index in [-0.39, 0.29) is 0 Å².